The van der Waals surface area contributed by atoms with Crippen LogP contribution in [-0.4, -0.2) is 32.6 Å². The van der Waals surface area contributed by atoms with Gasteiger partial charge in [0.15, 0.2) is 11.5 Å². The standard InChI is InChI=1S/C22H29N3O4/c1-15(2)18-10-9-16(3)13-20(18)28-11-6-12-29-21-17(14-24-25-22(23)26)7-5-8-19(21)27-4/h5,7-10,13-15H,6,11-12H2,1-4H3,(H3,23,25,26)/b24-14+. The van der Waals surface area contributed by atoms with E-state index < -0.39 is 6.03 Å². The molecule has 3 N–H and O–H groups in total. The largest absolute Gasteiger partial charge is 0.493 e. The number of nitrogens with zero attached hydrogens (tertiary/aromatic N) is 1. The van der Waals surface area contributed by atoms with Crippen LogP contribution in [0.3, 0.4) is 0 Å². The van der Waals surface area contributed by atoms with E-state index in [2.05, 4.69) is 49.5 Å². The van der Waals surface area contributed by atoms with E-state index in [0.29, 0.717) is 42.6 Å². The molecule has 0 bridgehead atoms. The van der Waals surface area contributed by atoms with Gasteiger partial charge < -0.3 is 19.9 Å². The van der Waals surface area contributed by atoms with Crippen LogP contribution in [0.1, 0.15) is 42.9 Å². The maximum Gasteiger partial charge on any atom is 0.332 e. The van der Waals surface area contributed by atoms with Crippen LogP contribution >= 0.6 is 0 Å². The third-order valence-electron chi connectivity index (χ3n) is 4.19. The van der Waals surface area contributed by atoms with E-state index in [1.807, 2.05) is 12.1 Å². The molecule has 0 aliphatic carbocycles. The number of benzene rings is 2. The minimum Gasteiger partial charge on any atom is -0.493 e. The summed E-state index contributed by atoms with van der Waals surface area (Å²) in [6.07, 6.45) is 2.15. The second-order valence-electron chi connectivity index (χ2n) is 6.86. The van der Waals surface area contributed by atoms with Crippen LogP contribution < -0.4 is 25.4 Å². The SMILES string of the molecule is COc1cccc(/C=N/NC(N)=O)c1OCCCOc1cc(C)ccc1C(C)C. The van der Waals surface area contributed by atoms with Crippen LogP contribution in [0.15, 0.2) is 41.5 Å². The first kappa shape index (κ1) is 22.1. The lowest BCUT2D eigenvalue weighted by atomic mass is 10.0. The second-order valence-corrected chi connectivity index (χ2v) is 6.86. The molecule has 0 spiro atoms. The van der Waals surface area contributed by atoms with Gasteiger partial charge in [0.05, 0.1) is 26.5 Å². The maximum atomic E-state index is 10.8. The number of ether oxygens (including phenoxy) is 3. The molecule has 0 radical (unpaired) electrons. The van der Waals surface area contributed by atoms with E-state index in [9.17, 15) is 4.79 Å². The number of nitrogens with two attached hydrogens (primary N) is 1. The molecule has 2 amide bonds. The van der Waals surface area contributed by atoms with Gasteiger partial charge in [-0.05, 0) is 42.2 Å². The molecule has 0 aromatic heterocycles. The number of primary amides is 1. The number of hydrazone groups is 1. The van der Waals surface area contributed by atoms with E-state index in [0.717, 1.165) is 5.75 Å². The highest BCUT2D eigenvalue weighted by Gasteiger charge is 2.11. The number of methoxy groups -OCH3 is 1. The van der Waals surface area contributed by atoms with Gasteiger partial charge in [-0.25, -0.2) is 10.2 Å². The molecule has 7 heteroatoms. The molecule has 2 rings (SSSR count). The van der Waals surface area contributed by atoms with Crippen molar-refractivity contribution in [1.29, 1.82) is 0 Å². The number of rotatable bonds is 10. The number of hydrogen-bond donors (Lipinski definition) is 2. The average Bonchev–Trinajstić information content (AvgIpc) is 2.68. The molecule has 0 heterocycles. The minimum atomic E-state index is -0.735. The molecule has 0 unspecified atom stereocenters. The summed E-state index contributed by atoms with van der Waals surface area (Å²) in [5.74, 6) is 2.44. The van der Waals surface area contributed by atoms with E-state index in [1.165, 1.54) is 17.3 Å². The summed E-state index contributed by atoms with van der Waals surface area (Å²) in [4.78, 5) is 10.8. The van der Waals surface area contributed by atoms with Crippen molar-refractivity contribution in [2.24, 2.45) is 10.8 Å². The van der Waals surface area contributed by atoms with Crippen molar-refractivity contribution < 1.29 is 19.0 Å². The van der Waals surface area contributed by atoms with Gasteiger partial charge in [-0.2, -0.15) is 5.10 Å². The molecule has 0 fully saturated rings. The Bertz CT molecular complexity index is 850. The first-order valence-corrected chi connectivity index (χ1v) is 9.54. The third kappa shape index (κ3) is 6.71. The molecule has 2 aromatic carbocycles. The summed E-state index contributed by atoms with van der Waals surface area (Å²) in [5.41, 5.74) is 10.2. The zero-order valence-electron chi connectivity index (χ0n) is 17.4. The predicted molar refractivity (Wildman–Crippen MR) is 114 cm³/mol. The summed E-state index contributed by atoms with van der Waals surface area (Å²) >= 11 is 0. The highest BCUT2D eigenvalue weighted by Crippen LogP contribution is 2.30. The molecule has 0 saturated carbocycles. The molecule has 0 aliphatic heterocycles. The molecule has 156 valence electrons. The fourth-order valence-corrected chi connectivity index (χ4v) is 2.77. The average molecular weight is 399 g/mol. The Morgan fingerprint density at radius 1 is 1.17 bits per heavy atom. The van der Waals surface area contributed by atoms with Crippen molar-refractivity contribution in [2.75, 3.05) is 20.3 Å². The van der Waals surface area contributed by atoms with E-state index in [-0.39, 0.29) is 0 Å². The second kappa shape index (κ2) is 10.9. The van der Waals surface area contributed by atoms with Gasteiger partial charge in [-0.15, -0.1) is 0 Å². The van der Waals surface area contributed by atoms with E-state index >= 15 is 0 Å². The summed E-state index contributed by atoms with van der Waals surface area (Å²) in [6.45, 7) is 7.33. The lowest BCUT2D eigenvalue weighted by Gasteiger charge is -2.16. The predicted octanol–water partition coefficient (Wildman–Crippen LogP) is 3.98. The minimum absolute atomic E-state index is 0.395. The number of para-hydroxylation sites is 1. The number of urea groups is 1. The van der Waals surface area contributed by atoms with E-state index in [1.54, 1.807) is 13.2 Å². The third-order valence-corrected chi connectivity index (χ3v) is 4.19. The van der Waals surface area contributed by atoms with Crippen molar-refractivity contribution in [2.45, 2.75) is 33.1 Å². The highest BCUT2D eigenvalue weighted by atomic mass is 16.5. The highest BCUT2D eigenvalue weighted by molar-refractivity contribution is 5.86. The van der Waals surface area contributed by atoms with Gasteiger partial charge in [-0.1, -0.05) is 32.0 Å². The summed E-state index contributed by atoms with van der Waals surface area (Å²) in [7, 11) is 1.57. The zero-order valence-corrected chi connectivity index (χ0v) is 17.4. The van der Waals surface area contributed by atoms with Crippen LogP contribution in [0, 0.1) is 6.92 Å². The monoisotopic (exact) mass is 399 g/mol. The van der Waals surface area contributed by atoms with Crippen molar-refractivity contribution in [3.63, 3.8) is 0 Å². The van der Waals surface area contributed by atoms with Crippen LogP contribution in [0.5, 0.6) is 17.2 Å². The van der Waals surface area contributed by atoms with Crippen LogP contribution in [0.4, 0.5) is 4.79 Å². The Balaban J connectivity index is 1.96. The molecular weight excluding hydrogens is 370 g/mol. The lowest BCUT2D eigenvalue weighted by Crippen LogP contribution is -2.24. The molecule has 0 atom stereocenters. The topological polar surface area (TPSA) is 95.2 Å². The Morgan fingerprint density at radius 2 is 1.93 bits per heavy atom. The van der Waals surface area contributed by atoms with Crippen LogP contribution in [0.25, 0.3) is 0 Å². The first-order chi connectivity index (χ1) is 13.9. The van der Waals surface area contributed by atoms with Crippen molar-refractivity contribution in [1.82, 2.24) is 5.43 Å². The van der Waals surface area contributed by atoms with Gasteiger partial charge in [0.25, 0.3) is 0 Å². The normalized spacial score (nSPS) is 10.9. The number of carbonyl (C=O) groups is 1. The Hall–Kier alpha value is -3.22. The summed E-state index contributed by atoms with van der Waals surface area (Å²) < 4.78 is 17.3. The van der Waals surface area contributed by atoms with Gasteiger partial charge in [-0.3, -0.25) is 0 Å². The smallest absolute Gasteiger partial charge is 0.332 e. The van der Waals surface area contributed by atoms with Crippen molar-refractivity contribution in [3.05, 3.63) is 53.1 Å². The molecular formula is C22H29N3O4. The quantitative estimate of drug-likeness (QED) is 0.359. The van der Waals surface area contributed by atoms with Gasteiger partial charge >= 0.3 is 6.03 Å². The van der Waals surface area contributed by atoms with Gasteiger partial charge in [0, 0.05) is 12.0 Å². The summed E-state index contributed by atoms with van der Waals surface area (Å²) in [5, 5.41) is 3.79. The fraction of sp³-hybridized carbons (Fsp3) is 0.364. The number of aryl methyl sites for hydroxylation is 1. The Kier molecular flexibility index (Phi) is 8.33. The van der Waals surface area contributed by atoms with Crippen LogP contribution in [0.2, 0.25) is 0 Å². The molecule has 29 heavy (non-hydrogen) atoms. The molecule has 2 aromatic rings. The van der Waals surface area contributed by atoms with E-state index in [4.69, 9.17) is 19.9 Å². The molecule has 7 nitrogen and oxygen atoms in total. The fourth-order valence-electron chi connectivity index (χ4n) is 2.77. The number of amides is 2. The van der Waals surface area contributed by atoms with Crippen LogP contribution in [-0.2, 0) is 0 Å². The zero-order chi connectivity index (χ0) is 21.2. The van der Waals surface area contributed by atoms with Gasteiger partial charge in [0.1, 0.15) is 5.75 Å². The number of nitrogens with one attached hydrogen (secondary N) is 1. The lowest BCUT2D eigenvalue weighted by molar-refractivity contribution is 0.238. The Morgan fingerprint density at radius 3 is 2.62 bits per heavy atom. The maximum absolute atomic E-state index is 10.8. The number of carbonyl (C=O) groups excluding carboxylic acids is 1. The van der Waals surface area contributed by atoms with Crippen molar-refractivity contribution >= 4 is 12.2 Å². The number of hydrogen-bond acceptors (Lipinski definition) is 5. The Labute approximate surface area is 171 Å². The molecule has 0 saturated heterocycles. The van der Waals surface area contributed by atoms with Gasteiger partial charge in [0.2, 0.25) is 0 Å². The van der Waals surface area contributed by atoms with Crippen molar-refractivity contribution in [3.8, 4) is 17.2 Å². The molecule has 0 aliphatic rings. The summed E-state index contributed by atoms with van der Waals surface area (Å²) in [6, 6.07) is 11.0. The first-order valence-electron chi connectivity index (χ1n) is 9.54.